The predicted octanol–water partition coefficient (Wildman–Crippen LogP) is 5.28. The maximum Gasteiger partial charge on any atom is 0.0133 e. The standard InChI is InChI=1S/C14H14S3/c1-15-11-6-8-12(9-7-11)17-14-5-3-4-13(10-14)16-2/h3-10H,1-2H3. The molecule has 0 amide bonds. The SMILES string of the molecule is CSc1ccc(Sc2cccc(SC)c2)cc1. The first-order valence-corrected chi connectivity index (χ1v) is 8.54. The third-order valence-corrected chi connectivity index (χ3v) is 4.80. The molecule has 0 bridgehead atoms. The highest BCUT2D eigenvalue weighted by Crippen LogP contribution is 2.31. The molecule has 0 fully saturated rings. The van der Waals surface area contributed by atoms with Gasteiger partial charge < -0.3 is 0 Å². The summed E-state index contributed by atoms with van der Waals surface area (Å²) in [6.07, 6.45) is 4.21. The van der Waals surface area contributed by atoms with Crippen LogP contribution in [0.4, 0.5) is 0 Å². The van der Waals surface area contributed by atoms with Crippen LogP contribution in [-0.4, -0.2) is 12.5 Å². The third kappa shape index (κ3) is 3.73. The summed E-state index contributed by atoms with van der Waals surface area (Å²) in [7, 11) is 0. The molecular formula is C14H14S3. The van der Waals surface area contributed by atoms with Crippen LogP contribution in [0.25, 0.3) is 0 Å². The lowest BCUT2D eigenvalue weighted by Crippen LogP contribution is -1.76. The fraction of sp³-hybridized carbons (Fsp3) is 0.143. The number of thioether (sulfide) groups is 2. The van der Waals surface area contributed by atoms with Gasteiger partial charge in [-0.05, 0) is 55.0 Å². The van der Waals surface area contributed by atoms with E-state index in [1.165, 1.54) is 19.6 Å². The molecule has 0 spiro atoms. The zero-order valence-corrected chi connectivity index (χ0v) is 12.3. The number of rotatable bonds is 4. The maximum atomic E-state index is 2.23. The molecule has 88 valence electrons. The highest BCUT2D eigenvalue weighted by molar-refractivity contribution is 8.00. The molecule has 0 nitrogen and oxygen atoms in total. The van der Waals surface area contributed by atoms with Gasteiger partial charge in [-0.1, -0.05) is 17.8 Å². The second-order valence-electron chi connectivity index (χ2n) is 3.46. The lowest BCUT2D eigenvalue weighted by molar-refractivity contribution is 1.31. The van der Waals surface area contributed by atoms with Crippen molar-refractivity contribution in [2.45, 2.75) is 19.6 Å². The molecular weight excluding hydrogens is 264 g/mol. The summed E-state index contributed by atoms with van der Waals surface area (Å²) in [5.41, 5.74) is 0. The Morgan fingerprint density at radius 1 is 0.647 bits per heavy atom. The highest BCUT2D eigenvalue weighted by atomic mass is 32.2. The van der Waals surface area contributed by atoms with Gasteiger partial charge in [-0.2, -0.15) is 0 Å². The summed E-state index contributed by atoms with van der Waals surface area (Å²) < 4.78 is 0. The van der Waals surface area contributed by atoms with Crippen molar-refractivity contribution in [1.29, 1.82) is 0 Å². The van der Waals surface area contributed by atoms with E-state index in [1.807, 2.05) is 11.8 Å². The molecule has 2 rings (SSSR count). The van der Waals surface area contributed by atoms with Crippen LogP contribution < -0.4 is 0 Å². The first kappa shape index (κ1) is 12.9. The molecule has 0 unspecified atom stereocenters. The molecule has 0 saturated heterocycles. The fourth-order valence-corrected chi connectivity index (χ4v) is 3.26. The molecule has 0 N–H and O–H groups in total. The summed E-state index contributed by atoms with van der Waals surface area (Å²) in [6, 6.07) is 17.4. The van der Waals surface area contributed by atoms with Crippen molar-refractivity contribution in [3.05, 3.63) is 48.5 Å². The normalized spacial score (nSPS) is 10.5. The monoisotopic (exact) mass is 278 g/mol. The van der Waals surface area contributed by atoms with Crippen LogP contribution in [0.3, 0.4) is 0 Å². The van der Waals surface area contributed by atoms with E-state index < -0.39 is 0 Å². The molecule has 0 aliphatic carbocycles. The molecule has 2 aromatic carbocycles. The fourth-order valence-electron chi connectivity index (χ4n) is 1.44. The Balaban J connectivity index is 2.13. The number of hydrogen-bond donors (Lipinski definition) is 0. The lowest BCUT2D eigenvalue weighted by Gasteiger charge is -2.04. The average molecular weight is 278 g/mol. The molecule has 0 aromatic heterocycles. The van der Waals surface area contributed by atoms with Crippen molar-refractivity contribution < 1.29 is 0 Å². The van der Waals surface area contributed by atoms with Crippen molar-refractivity contribution >= 4 is 35.3 Å². The summed E-state index contributed by atoms with van der Waals surface area (Å²) in [5.74, 6) is 0. The summed E-state index contributed by atoms with van der Waals surface area (Å²) >= 11 is 5.37. The molecule has 0 aliphatic heterocycles. The minimum Gasteiger partial charge on any atom is -0.130 e. The quantitative estimate of drug-likeness (QED) is 0.698. The maximum absolute atomic E-state index is 2.23. The van der Waals surface area contributed by atoms with Crippen LogP contribution in [0.5, 0.6) is 0 Å². The zero-order valence-electron chi connectivity index (χ0n) is 9.84. The smallest absolute Gasteiger partial charge is 0.0133 e. The van der Waals surface area contributed by atoms with E-state index in [4.69, 9.17) is 0 Å². The van der Waals surface area contributed by atoms with Gasteiger partial charge in [-0.25, -0.2) is 0 Å². The minimum absolute atomic E-state index is 1.29. The van der Waals surface area contributed by atoms with E-state index in [2.05, 4.69) is 61.0 Å². The lowest BCUT2D eigenvalue weighted by atomic mass is 10.4. The predicted molar refractivity (Wildman–Crippen MR) is 80.6 cm³/mol. The van der Waals surface area contributed by atoms with Crippen LogP contribution >= 0.6 is 35.3 Å². The van der Waals surface area contributed by atoms with Crippen molar-refractivity contribution in [2.75, 3.05) is 12.5 Å². The zero-order chi connectivity index (χ0) is 12.1. The van der Waals surface area contributed by atoms with Crippen molar-refractivity contribution in [3.8, 4) is 0 Å². The van der Waals surface area contributed by atoms with Gasteiger partial charge in [0.15, 0.2) is 0 Å². The van der Waals surface area contributed by atoms with Gasteiger partial charge in [-0.15, -0.1) is 23.5 Å². The van der Waals surface area contributed by atoms with Gasteiger partial charge in [0.05, 0.1) is 0 Å². The van der Waals surface area contributed by atoms with Gasteiger partial charge in [-0.3, -0.25) is 0 Å². The van der Waals surface area contributed by atoms with Crippen molar-refractivity contribution in [1.82, 2.24) is 0 Å². The van der Waals surface area contributed by atoms with Gasteiger partial charge >= 0.3 is 0 Å². The van der Waals surface area contributed by atoms with Crippen LogP contribution in [0.1, 0.15) is 0 Å². The summed E-state index contributed by atoms with van der Waals surface area (Å²) in [5, 5.41) is 0. The van der Waals surface area contributed by atoms with E-state index in [0.29, 0.717) is 0 Å². The Hall–Kier alpha value is -0.510. The first-order valence-electron chi connectivity index (χ1n) is 5.28. The van der Waals surface area contributed by atoms with Crippen LogP contribution in [-0.2, 0) is 0 Å². The first-order chi connectivity index (χ1) is 8.31. The van der Waals surface area contributed by atoms with E-state index in [9.17, 15) is 0 Å². The second kappa shape index (κ2) is 6.43. The summed E-state index contributed by atoms with van der Waals surface area (Å²) in [4.78, 5) is 5.22. The second-order valence-corrected chi connectivity index (χ2v) is 6.36. The van der Waals surface area contributed by atoms with E-state index in [1.54, 1.807) is 23.5 Å². The van der Waals surface area contributed by atoms with E-state index >= 15 is 0 Å². The number of hydrogen-bond acceptors (Lipinski definition) is 3. The minimum atomic E-state index is 1.29. The molecule has 0 atom stereocenters. The Morgan fingerprint density at radius 3 is 1.88 bits per heavy atom. The molecule has 3 heteroatoms. The van der Waals surface area contributed by atoms with Gasteiger partial charge in [0, 0.05) is 19.6 Å². The van der Waals surface area contributed by atoms with Gasteiger partial charge in [0.25, 0.3) is 0 Å². The molecule has 0 heterocycles. The Labute approximate surface area is 116 Å². The Bertz CT molecular complexity index is 477. The highest BCUT2D eigenvalue weighted by Gasteiger charge is 1.99. The molecule has 0 saturated carbocycles. The largest absolute Gasteiger partial charge is 0.130 e. The van der Waals surface area contributed by atoms with E-state index in [-0.39, 0.29) is 0 Å². The topological polar surface area (TPSA) is 0 Å². The Kier molecular flexibility index (Phi) is 4.89. The number of benzene rings is 2. The van der Waals surface area contributed by atoms with Crippen molar-refractivity contribution in [3.63, 3.8) is 0 Å². The van der Waals surface area contributed by atoms with Gasteiger partial charge in [0.1, 0.15) is 0 Å². The molecule has 2 aromatic rings. The molecule has 0 radical (unpaired) electrons. The van der Waals surface area contributed by atoms with Gasteiger partial charge in [0.2, 0.25) is 0 Å². The summed E-state index contributed by atoms with van der Waals surface area (Å²) in [6.45, 7) is 0. The third-order valence-electron chi connectivity index (χ3n) is 2.34. The average Bonchev–Trinajstić information content (AvgIpc) is 2.40. The molecule has 0 aliphatic rings. The Morgan fingerprint density at radius 2 is 1.24 bits per heavy atom. The van der Waals surface area contributed by atoms with Crippen molar-refractivity contribution in [2.24, 2.45) is 0 Å². The van der Waals surface area contributed by atoms with Crippen LogP contribution in [0.15, 0.2) is 68.1 Å². The van der Waals surface area contributed by atoms with Crippen LogP contribution in [0, 0.1) is 0 Å². The molecule has 17 heavy (non-hydrogen) atoms. The van der Waals surface area contributed by atoms with Crippen LogP contribution in [0.2, 0.25) is 0 Å². The van der Waals surface area contributed by atoms with E-state index in [0.717, 1.165) is 0 Å².